The molecule has 8 heteroatoms. The van der Waals surface area contributed by atoms with Gasteiger partial charge in [-0.3, -0.25) is 0 Å². The molecule has 3 heterocycles. The fourth-order valence-electron chi connectivity index (χ4n) is 4.03. The van der Waals surface area contributed by atoms with Crippen molar-refractivity contribution in [1.29, 1.82) is 0 Å². The van der Waals surface area contributed by atoms with Crippen LogP contribution in [-0.2, 0) is 6.54 Å². The second-order valence-corrected chi connectivity index (χ2v) is 7.71. The van der Waals surface area contributed by atoms with Crippen molar-refractivity contribution in [2.24, 2.45) is 0 Å². The van der Waals surface area contributed by atoms with Gasteiger partial charge in [-0.2, -0.15) is 4.98 Å². The molecule has 0 saturated carbocycles. The molecule has 1 aliphatic heterocycles. The van der Waals surface area contributed by atoms with Gasteiger partial charge in [-0.15, -0.1) is 0 Å². The fourth-order valence-corrected chi connectivity index (χ4v) is 4.03. The summed E-state index contributed by atoms with van der Waals surface area (Å²) in [6, 6.07) is 11.6. The fraction of sp³-hybridized carbons (Fsp3) is 0.348. The van der Waals surface area contributed by atoms with Crippen LogP contribution < -0.4 is 9.47 Å². The van der Waals surface area contributed by atoms with Gasteiger partial charge < -0.3 is 23.5 Å². The van der Waals surface area contributed by atoms with Gasteiger partial charge in [0, 0.05) is 30.3 Å². The lowest BCUT2D eigenvalue weighted by molar-refractivity contribution is 0.324. The first-order chi connectivity index (χ1) is 15.2. The normalized spacial score (nSPS) is 14.4. The molecule has 0 N–H and O–H groups in total. The van der Waals surface area contributed by atoms with Crippen molar-refractivity contribution in [2.45, 2.75) is 19.4 Å². The van der Waals surface area contributed by atoms with E-state index >= 15 is 0 Å². The summed E-state index contributed by atoms with van der Waals surface area (Å²) >= 11 is 0. The summed E-state index contributed by atoms with van der Waals surface area (Å²) in [7, 11) is 3.22. The van der Waals surface area contributed by atoms with Gasteiger partial charge in [0.2, 0.25) is 5.82 Å². The molecule has 0 radical (unpaired) electrons. The standard InChI is InChI=1S/C23H25N5O3/c1-29-18-11-17(12-19(14-18)30-2)23-25-22(26-31-23)16-5-6-21-20(13-16)24-15-28(21)10-9-27-7-3-4-8-27/h5-6,11-15H,3-4,7-10H2,1-2H3. The highest BCUT2D eigenvalue weighted by Gasteiger charge is 2.15. The molecule has 8 nitrogen and oxygen atoms in total. The van der Waals surface area contributed by atoms with Crippen molar-refractivity contribution in [3.8, 4) is 34.3 Å². The highest BCUT2D eigenvalue weighted by Crippen LogP contribution is 2.30. The SMILES string of the molecule is COc1cc(OC)cc(-c2nc(-c3ccc4c(c3)ncn4CCN3CCCC3)no2)c1. The molecule has 2 aromatic heterocycles. The van der Waals surface area contributed by atoms with Crippen LogP contribution >= 0.6 is 0 Å². The van der Waals surface area contributed by atoms with Crippen molar-refractivity contribution in [3.05, 3.63) is 42.7 Å². The van der Waals surface area contributed by atoms with E-state index in [4.69, 9.17) is 14.0 Å². The Hall–Kier alpha value is -3.39. The number of ether oxygens (including phenoxy) is 2. The van der Waals surface area contributed by atoms with Gasteiger partial charge in [0.1, 0.15) is 11.5 Å². The molecule has 0 aliphatic carbocycles. The molecular formula is C23H25N5O3. The maximum Gasteiger partial charge on any atom is 0.258 e. The van der Waals surface area contributed by atoms with Crippen LogP contribution in [0.15, 0.2) is 47.2 Å². The van der Waals surface area contributed by atoms with Crippen LogP contribution in [0, 0.1) is 0 Å². The van der Waals surface area contributed by atoms with E-state index < -0.39 is 0 Å². The van der Waals surface area contributed by atoms with Gasteiger partial charge in [-0.05, 0) is 56.3 Å². The number of fused-ring (bicyclic) bond motifs is 1. The van der Waals surface area contributed by atoms with Gasteiger partial charge in [-0.25, -0.2) is 4.98 Å². The van der Waals surface area contributed by atoms with E-state index in [-0.39, 0.29) is 0 Å². The molecule has 0 bridgehead atoms. The Morgan fingerprint density at radius 3 is 2.45 bits per heavy atom. The van der Waals surface area contributed by atoms with Crippen molar-refractivity contribution >= 4 is 11.0 Å². The minimum atomic E-state index is 0.406. The van der Waals surface area contributed by atoms with Crippen LogP contribution in [-0.4, -0.2) is 58.4 Å². The highest BCUT2D eigenvalue weighted by molar-refractivity contribution is 5.80. The molecule has 1 fully saturated rings. The lowest BCUT2D eigenvalue weighted by atomic mass is 10.2. The number of benzene rings is 2. The number of likely N-dealkylation sites (tertiary alicyclic amines) is 1. The Kier molecular flexibility index (Phi) is 5.30. The maximum atomic E-state index is 5.51. The van der Waals surface area contributed by atoms with Crippen molar-refractivity contribution < 1.29 is 14.0 Å². The average Bonchev–Trinajstić information content (AvgIpc) is 3.57. The van der Waals surface area contributed by atoms with Crippen LogP contribution in [0.5, 0.6) is 11.5 Å². The van der Waals surface area contributed by atoms with E-state index in [0.717, 1.165) is 35.2 Å². The third-order valence-corrected chi connectivity index (χ3v) is 5.76. The molecule has 0 unspecified atom stereocenters. The first-order valence-corrected chi connectivity index (χ1v) is 10.5. The van der Waals surface area contributed by atoms with Gasteiger partial charge in [0.25, 0.3) is 5.89 Å². The quantitative estimate of drug-likeness (QED) is 0.450. The van der Waals surface area contributed by atoms with Crippen LogP contribution in [0.3, 0.4) is 0 Å². The summed E-state index contributed by atoms with van der Waals surface area (Å²) in [5, 5.41) is 4.17. The third kappa shape index (κ3) is 3.98. The average molecular weight is 419 g/mol. The summed E-state index contributed by atoms with van der Waals surface area (Å²) in [4.78, 5) is 11.7. The molecular weight excluding hydrogens is 394 g/mol. The molecule has 0 spiro atoms. The summed E-state index contributed by atoms with van der Waals surface area (Å²) in [5.41, 5.74) is 3.64. The number of methoxy groups -OCH3 is 2. The minimum Gasteiger partial charge on any atom is -0.497 e. The zero-order valence-corrected chi connectivity index (χ0v) is 17.7. The third-order valence-electron chi connectivity index (χ3n) is 5.76. The van der Waals surface area contributed by atoms with Crippen molar-refractivity contribution in [1.82, 2.24) is 24.6 Å². The Morgan fingerprint density at radius 2 is 1.71 bits per heavy atom. The second kappa shape index (κ2) is 8.39. The smallest absolute Gasteiger partial charge is 0.258 e. The largest absolute Gasteiger partial charge is 0.497 e. The highest BCUT2D eigenvalue weighted by atomic mass is 16.5. The molecule has 0 atom stereocenters. The van der Waals surface area contributed by atoms with Gasteiger partial charge in [0.15, 0.2) is 0 Å². The predicted octanol–water partition coefficient (Wildman–Crippen LogP) is 3.87. The summed E-state index contributed by atoms with van der Waals surface area (Å²) < 4.78 is 18.4. The van der Waals surface area contributed by atoms with E-state index in [1.54, 1.807) is 20.3 Å². The minimum absolute atomic E-state index is 0.406. The molecule has 1 aliphatic rings. The number of hydrogen-bond acceptors (Lipinski definition) is 7. The zero-order valence-electron chi connectivity index (χ0n) is 17.7. The lowest BCUT2D eigenvalue weighted by Gasteiger charge is -2.14. The molecule has 4 aromatic rings. The number of nitrogens with zero attached hydrogens (tertiary/aromatic N) is 5. The molecule has 160 valence electrons. The molecule has 31 heavy (non-hydrogen) atoms. The van der Waals surface area contributed by atoms with Crippen LogP contribution in [0.2, 0.25) is 0 Å². The monoisotopic (exact) mass is 419 g/mol. The van der Waals surface area contributed by atoms with Crippen LogP contribution in [0.4, 0.5) is 0 Å². The first-order valence-electron chi connectivity index (χ1n) is 10.5. The maximum absolute atomic E-state index is 5.51. The van der Waals surface area contributed by atoms with Crippen molar-refractivity contribution in [2.75, 3.05) is 33.9 Å². The Balaban J connectivity index is 1.38. The van der Waals surface area contributed by atoms with Crippen LogP contribution in [0.1, 0.15) is 12.8 Å². The van der Waals surface area contributed by atoms with E-state index in [9.17, 15) is 0 Å². The Labute approximate surface area is 180 Å². The van der Waals surface area contributed by atoms with Crippen LogP contribution in [0.25, 0.3) is 33.9 Å². The number of aromatic nitrogens is 4. The number of imidazole rings is 1. The van der Waals surface area contributed by atoms with Gasteiger partial charge in [-0.1, -0.05) is 5.16 Å². The molecule has 1 saturated heterocycles. The van der Waals surface area contributed by atoms with E-state index in [1.807, 2.05) is 30.6 Å². The molecule has 0 amide bonds. The van der Waals surface area contributed by atoms with Crippen molar-refractivity contribution in [3.63, 3.8) is 0 Å². The Bertz CT molecular complexity index is 1170. The summed E-state index contributed by atoms with van der Waals surface area (Å²) in [6.45, 7) is 4.41. The first kappa shape index (κ1) is 19.6. The van der Waals surface area contributed by atoms with Gasteiger partial charge >= 0.3 is 0 Å². The summed E-state index contributed by atoms with van der Waals surface area (Å²) in [6.07, 6.45) is 4.53. The predicted molar refractivity (Wildman–Crippen MR) is 117 cm³/mol. The Morgan fingerprint density at radius 1 is 0.935 bits per heavy atom. The van der Waals surface area contributed by atoms with E-state index in [0.29, 0.717) is 23.2 Å². The number of hydrogen-bond donors (Lipinski definition) is 0. The summed E-state index contributed by atoms with van der Waals surface area (Å²) in [5.74, 6) is 2.25. The zero-order chi connectivity index (χ0) is 21.2. The molecule has 5 rings (SSSR count). The molecule has 2 aromatic carbocycles. The van der Waals surface area contributed by atoms with E-state index in [2.05, 4.69) is 30.7 Å². The van der Waals surface area contributed by atoms with Gasteiger partial charge in [0.05, 0.1) is 31.6 Å². The second-order valence-electron chi connectivity index (χ2n) is 7.71. The topological polar surface area (TPSA) is 78.4 Å². The van der Waals surface area contributed by atoms with E-state index in [1.165, 1.54) is 25.9 Å². The lowest BCUT2D eigenvalue weighted by Crippen LogP contribution is -2.23. The number of rotatable bonds is 7.